The maximum atomic E-state index is 13.4. The minimum atomic E-state index is -0.543. The van der Waals surface area contributed by atoms with Crippen molar-refractivity contribution in [3.63, 3.8) is 0 Å². The third-order valence-corrected chi connectivity index (χ3v) is 10.5. The Hall–Kier alpha value is -1.63. The van der Waals surface area contributed by atoms with Crippen LogP contribution in [0.3, 0.4) is 0 Å². The number of amides is 3. The maximum Gasteiger partial charge on any atom is 0.243 e. The van der Waals surface area contributed by atoms with Crippen LogP contribution in [-0.4, -0.2) is 72.3 Å². The average Bonchev–Trinajstić information content (AvgIpc) is 3.37. The van der Waals surface area contributed by atoms with Gasteiger partial charge in [-0.2, -0.15) is 0 Å². The van der Waals surface area contributed by atoms with Gasteiger partial charge in [-0.1, -0.05) is 81.1 Å². The molecule has 0 spiro atoms. The van der Waals surface area contributed by atoms with Gasteiger partial charge in [-0.3, -0.25) is 14.4 Å². The molecule has 4 atom stereocenters. The lowest BCUT2D eigenvalue weighted by molar-refractivity contribution is -0.136. The van der Waals surface area contributed by atoms with E-state index in [0.717, 1.165) is 83.0 Å². The van der Waals surface area contributed by atoms with Crippen LogP contribution < -0.4 is 10.6 Å². The lowest BCUT2D eigenvalue weighted by Crippen LogP contribution is -2.55. The molecule has 250 valence electrons. The van der Waals surface area contributed by atoms with Crippen molar-refractivity contribution in [2.45, 2.75) is 145 Å². The molecule has 0 aromatic heterocycles. The smallest absolute Gasteiger partial charge is 0.243 e. The Morgan fingerprint density at radius 1 is 0.860 bits per heavy atom. The zero-order valence-corrected chi connectivity index (χ0v) is 29.5. The van der Waals surface area contributed by atoms with Crippen LogP contribution >= 0.6 is 0 Å². The van der Waals surface area contributed by atoms with Gasteiger partial charge >= 0.3 is 0 Å². The minimum Gasteiger partial charge on any atom is -0.345 e. The number of carbonyl (C=O) groups excluding carboxylic acids is 3. The molecular weight excluding hydrogens is 536 g/mol. The molecule has 4 rings (SSSR count). The zero-order valence-electron chi connectivity index (χ0n) is 29.5. The molecular formula is C36H68N4O3. The third kappa shape index (κ3) is 11.0. The maximum absolute atomic E-state index is 13.4. The van der Waals surface area contributed by atoms with Gasteiger partial charge in [-0.05, 0) is 94.0 Å². The van der Waals surface area contributed by atoms with Gasteiger partial charge in [0.1, 0.15) is 6.04 Å². The van der Waals surface area contributed by atoms with Crippen LogP contribution in [-0.2, 0) is 14.4 Å². The number of rotatable bonds is 9. The van der Waals surface area contributed by atoms with Crippen LogP contribution in [0.1, 0.15) is 133 Å². The Bertz CT molecular complexity index is 847. The van der Waals surface area contributed by atoms with E-state index in [1.54, 1.807) is 0 Å². The van der Waals surface area contributed by atoms with Crippen molar-refractivity contribution in [2.24, 2.45) is 35.0 Å². The lowest BCUT2D eigenvalue weighted by atomic mass is 9.61. The van der Waals surface area contributed by atoms with E-state index in [2.05, 4.69) is 64.0 Å². The quantitative estimate of drug-likeness (QED) is 0.309. The van der Waals surface area contributed by atoms with Crippen LogP contribution in [0.15, 0.2) is 0 Å². The molecule has 0 radical (unpaired) electrons. The highest BCUT2D eigenvalue weighted by Gasteiger charge is 2.45. The molecule has 4 aliphatic rings. The van der Waals surface area contributed by atoms with Crippen molar-refractivity contribution in [3.05, 3.63) is 0 Å². The molecule has 0 aromatic rings. The Balaban J connectivity index is 0.000000993. The van der Waals surface area contributed by atoms with E-state index in [-0.39, 0.29) is 47.6 Å². The van der Waals surface area contributed by atoms with E-state index in [0.29, 0.717) is 5.92 Å². The number of hydrogen-bond acceptors (Lipinski definition) is 4. The standard InChI is InChI=1S/C30H52N4O3.C4H10.C2H6/c1-5-33-16-10-13-23(19-33)28(36)32-27(22-11-7-6-8-12-22)29(37)31-18-26(35)34-20-25(17-21(34)2)30(3,4)24-14-9-15-24;1-4(2)3;1-2/h21-25,27H,5-20H2,1-4H3,(H,31,37)(H,32,36);4H,1-3H3;1-2H3. The summed E-state index contributed by atoms with van der Waals surface area (Å²) in [7, 11) is 0. The monoisotopic (exact) mass is 605 g/mol. The van der Waals surface area contributed by atoms with E-state index >= 15 is 0 Å². The number of piperidine rings is 1. The Morgan fingerprint density at radius 2 is 1.49 bits per heavy atom. The fourth-order valence-electron chi connectivity index (χ4n) is 7.47. The second-order valence-corrected chi connectivity index (χ2v) is 14.8. The van der Waals surface area contributed by atoms with Gasteiger partial charge in [0.05, 0.1) is 12.5 Å². The first-order valence-electron chi connectivity index (χ1n) is 18.0. The van der Waals surface area contributed by atoms with E-state index in [1.165, 1.54) is 25.7 Å². The Morgan fingerprint density at radius 3 is 2.05 bits per heavy atom. The molecule has 2 saturated heterocycles. The van der Waals surface area contributed by atoms with E-state index < -0.39 is 6.04 Å². The highest BCUT2D eigenvalue weighted by atomic mass is 16.2. The zero-order chi connectivity index (χ0) is 32.2. The van der Waals surface area contributed by atoms with Crippen molar-refractivity contribution in [3.8, 4) is 0 Å². The van der Waals surface area contributed by atoms with E-state index in [9.17, 15) is 14.4 Å². The van der Waals surface area contributed by atoms with Gasteiger partial charge in [0, 0.05) is 19.1 Å². The topological polar surface area (TPSA) is 81.8 Å². The highest BCUT2D eigenvalue weighted by molar-refractivity contribution is 5.91. The van der Waals surface area contributed by atoms with Crippen molar-refractivity contribution in [1.29, 1.82) is 0 Å². The summed E-state index contributed by atoms with van der Waals surface area (Å²) in [4.78, 5) is 44.2. The normalized spacial score (nSPS) is 25.9. The van der Waals surface area contributed by atoms with Gasteiger partial charge in [0.25, 0.3) is 0 Å². The van der Waals surface area contributed by atoms with Crippen LogP contribution in [0, 0.1) is 35.0 Å². The molecule has 4 unspecified atom stereocenters. The molecule has 7 nitrogen and oxygen atoms in total. The van der Waals surface area contributed by atoms with Gasteiger partial charge in [-0.15, -0.1) is 0 Å². The number of nitrogens with one attached hydrogen (secondary N) is 2. The molecule has 4 fully saturated rings. The number of carbonyl (C=O) groups is 3. The van der Waals surface area contributed by atoms with Crippen LogP contribution in [0.5, 0.6) is 0 Å². The molecule has 2 N–H and O–H groups in total. The van der Waals surface area contributed by atoms with Crippen LogP contribution in [0.25, 0.3) is 0 Å². The van der Waals surface area contributed by atoms with Crippen molar-refractivity contribution in [1.82, 2.24) is 20.4 Å². The summed E-state index contributed by atoms with van der Waals surface area (Å²) in [5.74, 6) is 2.03. The minimum absolute atomic E-state index is 0.00410. The summed E-state index contributed by atoms with van der Waals surface area (Å²) in [5, 5.41) is 6.10. The third-order valence-electron chi connectivity index (χ3n) is 10.5. The van der Waals surface area contributed by atoms with Crippen molar-refractivity contribution < 1.29 is 14.4 Å². The predicted octanol–water partition coefficient (Wildman–Crippen LogP) is 6.65. The summed E-state index contributed by atoms with van der Waals surface area (Å²) >= 11 is 0. The summed E-state index contributed by atoms with van der Waals surface area (Å²) < 4.78 is 0. The first-order valence-corrected chi connectivity index (χ1v) is 18.0. The molecule has 2 saturated carbocycles. The number of nitrogens with zero attached hydrogens (tertiary/aromatic N) is 2. The first-order chi connectivity index (χ1) is 20.4. The lowest BCUT2D eigenvalue weighted by Gasteiger charge is -2.44. The number of hydrogen-bond donors (Lipinski definition) is 2. The van der Waals surface area contributed by atoms with Crippen molar-refractivity contribution in [2.75, 3.05) is 32.7 Å². The molecule has 2 aliphatic carbocycles. The van der Waals surface area contributed by atoms with Crippen molar-refractivity contribution >= 4 is 17.7 Å². The fourth-order valence-corrected chi connectivity index (χ4v) is 7.47. The SMILES string of the molecule is CC.CC(C)C.CCN1CCCC(C(=O)NC(C(=O)NCC(=O)N2CC(C(C)(C)C3CCC3)CC2C)C2CCCCC2)C1. The largest absolute Gasteiger partial charge is 0.345 e. The summed E-state index contributed by atoms with van der Waals surface area (Å²) in [6.07, 6.45) is 12.2. The van der Waals surface area contributed by atoms with E-state index in [4.69, 9.17) is 0 Å². The predicted molar refractivity (Wildman–Crippen MR) is 179 cm³/mol. The van der Waals surface area contributed by atoms with Crippen LogP contribution in [0.2, 0.25) is 0 Å². The average molecular weight is 605 g/mol. The second kappa shape index (κ2) is 18.4. The molecule has 0 bridgehead atoms. The summed E-state index contributed by atoms with van der Waals surface area (Å²) in [6.45, 7) is 23.1. The molecule has 2 heterocycles. The van der Waals surface area contributed by atoms with Gasteiger partial charge in [-0.25, -0.2) is 0 Å². The highest BCUT2D eigenvalue weighted by Crippen LogP contribution is 2.49. The second-order valence-electron chi connectivity index (χ2n) is 14.8. The molecule has 2 aliphatic heterocycles. The molecule has 0 aromatic carbocycles. The summed E-state index contributed by atoms with van der Waals surface area (Å²) in [5.41, 5.74) is 0.258. The molecule has 7 heteroatoms. The Labute approximate surface area is 265 Å². The van der Waals surface area contributed by atoms with Gasteiger partial charge in [0.2, 0.25) is 17.7 Å². The number of likely N-dealkylation sites (tertiary alicyclic amines) is 2. The van der Waals surface area contributed by atoms with Gasteiger partial charge < -0.3 is 20.4 Å². The van der Waals surface area contributed by atoms with Gasteiger partial charge in [0.15, 0.2) is 0 Å². The van der Waals surface area contributed by atoms with Crippen LogP contribution in [0.4, 0.5) is 0 Å². The fraction of sp³-hybridized carbons (Fsp3) is 0.917. The molecule has 43 heavy (non-hydrogen) atoms. The van der Waals surface area contributed by atoms with E-state index in [1.807, 2.05) is 18.7 Å². The first kappa shape index (κ1) is 37.6. The molecule has 3 amide bonds. The Kier molecular flexibility index (Phi) is 16.0. The summed E-state index contributed by atoms with van der Waals surface area (Å²) in [6, 6.07) is -0.339.